The zero-order valence-electron chi connectivity index (χ0n) is 15.2. The normalized spacial score (nSPS) is 17.6. The van der Waals surface area contributed by atoms with Gasteiger partial charge in [0.25, 0.3) is 5.91 Å². The molecule has 28 heavy (non-hydrogen) atoms. The van der Waals surface area contributed by atoms with Crippen LogP contribution in [0.25, 0.3) is 11.0 Å². The molecule has 142 valence electrons. The predicted octanol–water partition coefficient (Wildman–Crippen LogP) is 2.26. The molecule has 0 bridgehead atoms. The van der Waals surface area contributed by atoms with Crippen molar-refractivity contribution < 1.29 is 14.4 Å². The second-order valence-corrected chi connectivity index (χ2v) is 6.64. The highest BCUT2D eigenvalue weighted by Gasteiger charge is 2.40. The van der Waals surface area contributed by atoms with E-state index in [1.54, 1.807) is 37.3 Å². The van der Waals surface area contributed by atoms with Gasteiger partial charge in [0, 0.05) is 0 Å². The van der Waals surface area contributed by atoms with E-state index < -0.39 is 18.0 Å². The molecule has 4 amide bonds. The molecule has 4 rings (SSSR count). The minimum Gasteiger partial charge on any atom is -0.346 e. The third-order valence-electron chi connectivity index (χ3n) is 4.62. The number of imidazole rings is 1. The molecule has 1 fully saturated rings. The van der Waals surface area contributed by atoms with Crippen molar-refractivity contribution in [1.29, 1.82) is 0 Å². The summed E-state index contributed by atoms with van der Waals surface area (Å²) in [4.78, 5) is 45.8. The first-order valence-corrected chi connectivity index (χ1v) is 8.96. The minimum absolute atomic E-state index is 0.140. The molecular formula is C20H19N5O3. The lowest BCUT2D eigenvalue weighted by Crippen LogP contribution is -2.37. The zero-order valence-corrected chi connectivity index (χ0v) is 15.2. The van der Waals surface area contributed by atoms with Crippen molar-refractivity contribution in [3.05, 3.63) is 60.4 Å². The van der Waals surface area contributed by atoms with Gasteiger partial charge >= 0.3 is 6.03 Å². The van der Waals surface area contributed by atoms with Crippen LogP contribution in [-0.4, -0.2) is 33.9 Å². The van der Waals surface area contributed by atoms with E-state index in [-0.39, 0.29) is 18.4 Å². The molecule has 2 heterocycles. The maximum Gasteiger partial charge on any atom is 0.329 e. The van der Waals surface area contributed by atoms with Crippen LogP contribution in [0.3, 0.4) is 0 Å². The molecule has 8 heteroatoms. The third-order valence-corrected chi connectivity index (χ3v) is 4.62. The lowest BCUT2D eigenvalue weighted by molar-refractivity contribution is -0.126. The van der Waals surface area contributed by atoms with E-state index in [2.05, 4.69) is 20.6 Å². The first-order chi connectivity index (χ1) is 13.5. The maximum absolute atomic E-state index is 12.6. The summed E-state index contributed by atoms with van der Waals surface area (Å²) in [5.41, 5.74) is 2.18. The lowest BCUT2D eigenvalue weighted by atomic mass is 10.1. The molecule has 8 nitrogen and oxygen atoms in total. The predicted molar refractivity (Wildman–Crippen MR) is 104 cm³/mol. The number of urea groups is 1. The number of para-hydroxylation sites is 3. The summed E-state index contributed by atoms with van der Waals surface area (Å²) in [5, 5.41) is 5.39. The Labute approximate surface area is 160 Å². The number of anilines is 1. The van der Waals surface area contributed by atoms with Crippen LogP contribution >= 0.6 is 0 Å². The van der Waals surface area contributed by atoms with Crippen LogP contribution in [0, 0.1) is 0 Å². The highest BCUT2D eigenvalue weighted by molar-refractivity contribution is 6.22. The van der Waals surface area contributed by atoms with Gasteiger partial charge in [-0.25, -0.2) is 14.7 Å². The standard InChI is InChI=1S/C20H19N5O3/c1-12(18-22-14-9-5-6-10-15(14)23-18)21-17(26)11-16-19(27)25(20(28)24-16)13-7-3-2-4-8-13/h2-10,12,16H,11H2,1H3,(H,21,26)(H,22,23)(H,24,28)/t12-,16+/m1/s1. The topological polar surface area (TPSA) is 107 Å². The molecule has 0 spiro atoms. The number of hydrogen-bond acceptors (Lipinski definition) is 4. The Balaban J connectivity index is 1.41. The Morgan fingerprint density at radius 1 is 1.14 bits per heavy atom. The van der Waals surface area contributed by atoms with Crippen LogP contribution in [0.5, 0.6) is 0 Å². The number of nitrogens with zero attached hydrogens (tertiary/aromatic N) is 2. The largest absolute Gasteiger partial charge is 0.346 e. The average molecular weight is 377 g/mol. The molecule has 1 aliphatic heterocycles. The molecule has 0 aliphatic carbocycles. The van der Waals surface area contributed by atoms with Gasteiger partial charge in [-0.3, -0.25) is 9.59 Å². The summed E-state index contributed by atoms with van der Waals surface area (Å²) >= 11 is 0. The van der Waals surface area contributed by atoms with E-state index in [0.717, 1.165) is 15.9 Å². The van der Waals surface area contributed by atoms with E-state index in [4.69, 9.17) is 0 Å². The molecule has 1 aromatic heterocycles. The van der Waals surface area contributed by atoms with Gasteiger partial charge in [-0.2, -0.15) is 0 Å². The van der Waals surface area contributed by atoms with Crippen LogP contribution in [0.2, 0.25) is 0 Å². The first-order valence-electron chi connectivity index (χ1n) is 8.96. The SMILES string of the molecule is C[C@@H](NC(=O)C[C@@H]1NC(=O)N(c2ccccc2)C1=O)c1nc2ccccc2[nH]1. The second-order valence-electron chi connectivity index (χ2n) is 6.64. The molecule has 0 unspecified atom stereocenters. The number of carbonyl (C=O) groups excluding carboxylic acids is 3. The Morgan fingerprint density at radius 2 is 1.86 bits per heavy atom. The van der Waals surface area contributed by atoms with Gasteiger partial charge in [-0.15, -0.1) is 0 Å². The van der Waals surface area contributed by atoms with Crippen LogP contribution in [0.1, 0.15) is 25.2 Å². The van der Waals surface area contributed by atoms with Gasteiger partial charge in [-0.05, 0) is 31.2 Å². The number of benzene rings is 2. The number of rotatable bonds is 5. The smallest absolute Gasteiger partial charge is 0.329 e. The summed E-state index contributed by atoms with van der Waals surface area (Å²) < 4.78 is 0. The maximum atomic E-state index is 12.6. The number of amides is 4. The van der Waals surface area contributed by atoms with Crippen molar-refractivity contribution >= 4 is 34.6 Å². The number of fused-ring (bicyclic) bond motifs is 1. The lowest BCUT2D eigenvalue weighted by Gasteiger charge is -2.14. The zero-order chi connectivity index (χ0) is 19.7. The van der Waals surface area contributed by atoms with Crippen molar-refractivity contribution in [3.63, 3.8) is 0 Å². The van der Waals surface area contributed by atoms with E-state index in [0.29, 0.717) is 11.5 Å². The van der Waals surface area contributed by atoms with Crippen LogP contribution in [0.4, 0.5) is 10.5 Å². The third kappa shape index (κ3) is 3.32. The Morgan fingerprint density at radius 3 is 2.61 bits per heavy atom. The van der Waals surface area contributed by atoms with Gasteiger partial charge in [0.05, 0.1) is 29.2 Å². The van der Waals surface area contributed by atoms with Crippen molar-refractivity contribution in [3.8, 4) is 0 Å². The number of imide groups is 1. The minimum atomic E-state index is -0.893. The number of nitrogens with one attached hydrogen (secondary N) is 3. The highest BCUT2D eigenvalue weighted by Crippen LogP contribution is 2.20. The fourth-order valence-corrected chi connectivity index (χ4v) is 3.22. The fraction of sp³-hybridized carbons (Fsp3) is 0.200. The van der Waals surface area contributed by atoms with Crippen molar-refractivity contribution in [2.45, 2.75) is 25.4 Å². The summed E-state index contributed by atoms with van der Waals surface area (Å²) in [6.07, 6.45) is -0.140. The highest BCUT2D eigenvalue weighted by atomic mass is 16.2. The Hall–Kier alpha value is -3.68. The molecular weight excluding hydrogens is 358 g/mol. The number of aromatic nitrogens is 2. The molecule has 3 N–H and O–H groups in total. The number of H-pyrrole nitrogens is 1. The van der Waals surface area contributed by atoms with Gasteiger partial charge < -0.3 is 15.6 Å². The van der Waals surface area contributed by atoms with Crippen LogP contribution < -0.4 is 15.5 Å². The van der Waals surface area contributed by atoms with E-state index in [9.17, 15) is 14.4 Å². The van der Waals surface area contributed by atoms with Crippen LogP contribution in [0.15, 0.2) is 54.6 Å². The molecule has 2 aromatic carbocycles. The summed E-state index contributed by atoms with van der Waals surface area (Å²) in [6, 6.07) is 14.4. The average Bonchev–Trinajstić information content (AvgIpc) is 3.23. The van der Waals surface area contributed by atoms with Crippen molar-refractivity contribution in [2.24, 2.45) is 0 Å². The molecule has 0 saturated carbocycles. The summed E-state index contributed by atoms with van der Waals surface area (Å²) in [6.45, 7) is 1.81. The van der Waals surface area contributed by atoms with E-state index in [1.807, 2.05) is 24.3 Å². The Kier molecular flexibility index (Phi) is 4.52. The quantitative estimate of drug-likeness (QED) is 0.593. The van der Waals surface area contributed by atoms with E-state index in [1.165, 1.54) is 0 Å². The van der Waals surface area contributed by atoms with Crippen molar-refractivity contribution in [2.75, 3.05) is 4.90 Å². The number of aromatic amines is 1. The first kappa shape index (κ1) is 17.7. The second kappa shape index (κ2) is 7.15. The summed E-state index contributed by atoms with van der Waals surface area (Å²) in [5.74, 6) is -0.161. The van der Waals surface area contributed by atoms with Gasteiger partial charge in [0.2, 0.25) is 5.91 Å². The van der Waals surface area contributed by atoms with Crippen molar-refractivity contribution in [1.82, 2.24) is 20.6 Å². The summed E-state index contributed by atoms with van der Waals surface area (Å²) in [7, 11) is 0. The monoisotopic (exact) mass is 377 g/mol. The molecule has 2 atom stereocenters. The molecule has 3 aromatic rings. The van der Waals surface area contributed by atoms with Gasteiger partial charge in [0.15, 0.2) is 0 Å². The molecule has 1 saturated heterocycles. The van der Waals surface area contributed by atoms with Crippen LogP contribution in [-0.2, 0) is 9.59 Å². The van der Waals surface area contributed by atoms with Gasteiger partial charge in [-0.1, -0.05) is 30.3 Å². The molecule has 1 aliphatic rings. The number of hydrogen-bond donors (Lipinski definition) is 3. The molecule has 0 radical (unpaired) electrons. The Bertz CT molecular complexity index is 1010. The number of carbonyl (C=O) groups is 3. The van der Waals surface area contributed by atoms with E-state index >= 15 is 0 Å². The fourth-order valence-electron chi connectivity index (χ4n) is 3.22. The van der Waals surface area contributed by atoms with Gasteiger partial charge in [0.1, 0.15) is 11.9 Å².